The van der Waals surface area contributed by atoms with Gasteiger partial charge in [0.1, 0.15) is 11.4 Å². The molecule has 19 heavy (non-hydrogen) atoms. The van der Waals surface area contributed by atoms with E-state index in [0.717, 1.165) is 0 Å². The van der Waals surface area contributed by atoms with Crippen LogP contribution in [0, 0.1) is 0 Å². The largest absolute Gasteiger partial charge is 0.450 e. The van der Waals surface area contributed by atoms with E-state index in [1.54, 1.807) is 19.1 Å². The first kappa shape index (κ1) is 12.8. The Morgan fingerprint density at radius 2 is 1.79 bits per heavy atom. The minimum absolute atomic E-state index is 0.151. The van der Waals surface area contributed by atoms with Crippen molar-refractivity contribution in [1.29, 1.82) is 0 Å². The number of carbonyl (C=O) groups excluding carboxylic acids is 3. The number of ketones is 2. The Morgan fingerprint density at radius 3 is 2.37 bits per heavy atom. The number of nitrogens with two attached hydrogens (primary N) is 1. The maximum atomic E-state index is 12.2. The maximum Gasteiger partial charge on any atom is 0.411 e. The first-order valence-corrected chi connectivity index (χ1v) is 5.68. The van der Waals surface area contributed by atoms with Gasteiger partial charge in [0.2, 0.25) is 11.6 Å². The zero-order valence-corrected chi connectivity index (χ0v) is 10.2. The number of fused-ring (bicyclic) bond motifs is 1. The number of Topliss-reactive ketones (excluding diaryl/α,β-unsaturated/α-hetero) is 2. The first-order valence-electron chi connectivity index (χ1n) is 5.68. The average molecular weight is 260 g/mol. The van der Waals surface area contributed by atoms with E-state index in [-0.39, 0.29) is 29.1 Å². The molecule has 0 saturated carbocycles. The van der Waals surface area contributed by atoms with Crippen LogP contribution in [-0.2, 0) is 4.74 Å². The highest BCUT2D eigenvalue weighted by Gasteiger charge is 2.31. The minimum atomic E-state index is -0.819. The molecule has 98 valence electrons. The van der Waals surface area contributed by atoms with E-state index in [4.69, 9.17) is 5.73 Å². The molecule has 0 unspecified atom stereocenters. The van der Waals surface area contributed by atoms with Crippen molar-refractivity contribution in [2.75, 3.05) is 6.61 Å². The van der Waals surface area contributed by atoms with Crippen LogP contribution in [0.1, 0.15) is 27.6 Å². The van der Waals surface area contributed by atoms with Crippen molar-refractivity contribution in [3.63, 3.8) is 0 Å². The van der Waals surface area contributed by atoms with Crippen LogP contribution in [0.4, 0.5) is 4.79 Å². The molecule has 0 aliphatic heterocycles. The van der Waals surface area contributed by atoms with Gasteiger partial charge in [0.25, 0.3) is 0 Å². The lowest BCUT2D eigenvalue weighted by Gasteiger charge is -2.18. The summed E-state index contributed by atoms with van der Waals surface area (Å²) in [6.45, 7) is 1.78. The number of benzene rings is 1. The van der Waals surface area contributed by atoms with Crippen molar-refractivity contribution < 1.29 is 19.1 Å². The van der Waals surface area contributed by atoms with E-state index in [2.05, 4.69) is 10.1 Å². The van der Waals surface area contributed by atoms with Gasteiger partial charge in [-0.2, -0.15) is 0 Å². The predicted octanol–water partition coefficient (Wildman–Crippen LogP) is 0.982. The lowest BCUT2D eigenvalue weighted by Crippen LogP contribution is -2.36. The highest BCUT2D eigenvalue weighted by molar-refractivity contribution is 6.26. The molecule has 1 aromatic carbocycles. The van der Waals surface area contributed by atoms with Gasteiger partial charge < -0.3 is 10.5 Å². The van der Waals surface area contributed by atoms with Crippen molar-refractivity contribution in [2.45, 2.75) is 6.92 Å². The Balaban J connectivity index is 2.40. The van der Waals surface area contributed by atoms with Crippen LogP contribution in [0.2, 0.25) is 0 Å². The summed E-state index contributed by atoms with van der Waals surface area (Å²) >= 11 is 0. The van der Waals surface area contributed by atoms with Crippen molar-refractivity contribution in [3.8, 4) is 0 Å². The average Bonchev–Trinajstić information content (AvgIpc) is 2.41. The normalized spacial score (nSPS) is 14.2. The van der Waals surface area contributed by atoms with Gasteiger partial charge in [-0.3, -0.25) is 14.9 Å². The standard InChI is InChI=1S/C13H12N2O4/c1-2-19-13(18)15-10-9(14)11(16)7-5-3-4-6-8(7)12(10)17/h3-6H,2,14H2,1H3,(H,15,18). The van der Waals surface area contributed by atoms with Crippen LogP contribution in [0.5, 0.6) is 0 Å². The summed E-state index contributed by atoms with van der Waals surface area (Å²) in [7, 11) is 0. The van der Waals surface area contributed by atoms with Crippen molar-refractivity contribution in [3.05, 3.63) is 46.8 Å². The van der Waals surface area contributed by atoms with Gasteiger partial charge in [0, 0.05) is 11.1 Å². The van der Waals surface area contributed by atoms with Gasteiger partial charge in [-0.1, -0.05) is 24.3 Å². The summed E-state index contributed by atoms with van der Waals surface area (Å²) in [5.74, 6) is -0.984. The number of alkyl carbamates (subject to hydrolysis) is 1. The lowest BCUT2D eigenvalue weighted by atomic mass is 9.90. The van der Waals surface area contributed by atoms with Gasteiger partial charge in [0.05, 0.1) is 6.61 Å². The molecule has 2 rings (SSSR count). The molecular formula is C13H12N2O4. The van der Waals surface area contributed by atoms with Gasteiger partial charge in [-0.15, -0.1) is 0 Å². The van der Waals surface area contributed by atoms with Crippen LogP contribution < -0.4 is 11.1 Å². The Kier molecular flexibility index (Phi) is 3.33. The zero-order valence-electron chi connectivity index (χ0n) is 10.2. The molecule has 1 aliphatic carbocycles. The van der Waals surface area contributed by atoms with Gasteiger partial charge in [-0.05, 0) is 6.92 Å². The molecule has 0 aromatic heterocycles. The summed E-state index contributed by atoms with van der Waals surface area (Å²) < 4.78 is 4.66. The Bertz CT molecular complexity index is 604. The lowest BCUT2D eigenvalue weighted by molar-refractivity contribution is 0.0963. The van der Waals surface area contributed by atoms with E-state index in [1.807, 2.05) is 0 Å². The van der Waals surface area contributed by atoms with Crippen molar-refractivity contribution in [2.24, 2.45) is 5.73 Å². The number of nitrogens with one attached hydrogen (secondary N) is 1. The molecule has 1 aromatic rings. The fraction of sp³-hybridized carbons (Fsp3) is 0.154. The molecule has 0 radical (unpaired) electrons. The van der Waals surface area contributed by atoms with Gasteiger partial charge in [-0.25, -0.2) is 4.79 Å². The summed E-state index contributed by atoms with van der Waals surface area (Å²) in [5, 5.41) is 2.21. The highest BCUT2D eigenvalue weighted by Crippen LogP contribution is 2.22. The highest BCUT2D eigenvalue weighted by atomic mass is 16.5. The minimum Gasteiger partial charge on any atom is -0.450 e. The van der Waals surface area contributed by atoms with Crippen LogP contribution >= 0.6 is 0 Å². The summed E-state index contributed by atoms with van der Waals surface area (Å²) in [4.78, 5) is 35.5. The van der Waals surface area contributed by atoms with Crippen molar-refractivity contribution >= 4 is 17.7 Å². The molecule has 0 saturated heterocycles. The molecule has 1 amide bonds. The smallest absolute Gasteiger partial charge is 0.411 e. The Morgan fingerprint density at radius 1 is 1.21 bits per heavy atom. The van der Waals surface area contributed by atoms with E-state index < -0.39 is 17.7 Å². The third-order valence-electron chi connectivity index (χ3n) is 2.66. The van der Waals surface area contributed by atoms with Crippen LogP contribution in [0.3, 0.4) is 0 Å². The topological polar surface area (TPSA) is 98.5 Å². The van der Waals surface area contributed by atoms with Crippen LogP contribution in [0.15, 0.2) is 35.7 Å². The first-order chi connectivity index (χ1) is 9.06. The molecule has 3 N–H and O–H groups in total. The summed E-state index contributed by atoms with van der Waals surface area (Å²) in [6.07, 6.45) is -0.819. The van der Waals surface area contributed by atoms with E-state index in [0.29, 0.717) is 0 Å². The Labute approximate surface area is 109 Å². The van der Waals surface area contributed by atoms with Crippen LogP contribution in [0.25, 0.3) is 0 Å². The number of allylic oxidation sites excluding steroid dienone is 2. The maximum absolute atomic E-state index is 12.2. The second-order valence-electron chi connectivity index (χ2n) is 3.84. The number of hydrogen-bond acceptors (Lipinski definition) is 5. The molecule has 6 nitrogen and oxygen atoms in total. The molecule has 6 heteroatoms. The molecule has 0 spiro atoms. The molecule has 0 bridgehead atoms. The van der Waals surface area contributed by atoms with E-state index in [9.17, 15) is 14.4 Å². The monoisotopic (exact) mass is 260 g/mol. The third-order valence-corrected chi connectivity index (χ3v) is 2.66. The number of rotatable bonds is 2. The van der Waals surface area contributed by atoms with E-state index >= 15 is 0 Å². The molecular weight excluding hydrogens is 248 g/mol. The molecule has 0 atom stereocenters. The van der Waals surface area contributed by atoms with E-state index in [1.165, 1.54) is 12.1 Å². The number of amides is 1. The second kappa shape index (κ2) is 4.93. The second-order valence-corrected chi connectivity index (χ2v) is 3.84. The van der Waals surface area contributed by atoms with Crippen LogP contribution in [-0.4, -0.2) is 24.3 Å². The van der Waals surface area contributed by atoms with Gasteiger partial charge in [0.15, 0.2) is 0 Å². The SMILES string of the molecule is CCOC(=O)NC1=C(N)C(=O)c2ccccc2C1=O. The molecule has 0 heterocycles. The number of hydrogen-bond donors (Lipinski definition) is 2. The fourth-order valence-corrected chi connectivity index (χ4v) is 1.79. The Hall–Kier alpha value is -2.63. The molecule has 0 fully saturated rings. The fourth-order valence-electron chi connectivity index (χ4n) is 1.79. The van der Waals surface area contributed by atoms with Gasteiger partial charge >= 0.3 is 6.09 Å². The summed E-state index contributed by atoms with van der Waals surface area (Å²) in [6, 6.07) is 6.30. The number of ether oxygens (including phenoxy) is 1. The molecule has 1 aliphatic rings. The number of carbonyl (C=O) groups is 3. The third kappa shape index (κ3) is 2.20. The quantitative estimate of drug-likeness (QED) is 0.825. The zero-order chi connectivity index (χ0) is 14.0. The van der Waals surface area contributed by atoms with Crippen molar-refractivity contribution in [1.82, 2.24) is 5.32 Å². The summed E-state index contributed by atoms with van der Waals surface area (Å²) in [5.41, 5.74) is 5.55. The predicted molar refractivity (Wildman–Crippen MR) is 66.5 cm³/mol.